The fourth-order valence-electron chi connectivity index (χ4n) is 2.90. The predicted molar refractivity (Wildman–Crippen MR) is 91.6 cm³/mol. The second-order valence-corrected chi connectivity index (χ2v) is 8.30. The van der Waals surface area contributed by atoms with Crippen LogP contribution < -0.4 is 5.14 Å². The SMILES string of the molecule is CC(C)(C(c1ccccc1)c1cc2cccnc2[nH]1)S(N)(=O)=O. The summed E-state index contributed by atoms with van der Waals surface area (Å²) >= 11 is 0. The smallest absolute Gasteiger partial charge is 0.215 e. The van der Waals surface area contributed by atoms with Crippen molar-refractivity contribution in [2.45, 2.75) is 24.5 Å². The molecule has 0 aliphatic heterocycles. The Morgan fingerprint density at radius 1 is 1.13 bits per heavy atom. The lowest BCUT2D eigenvalue weighted by Gasteiger charge is -2.32. The fraction of sp³-hybridized carbons (Fsp3) is 0.235. The largest absolute Gasteiger partial charge is 0.343 e. The second kappa shape index (κ2) is 5.47. The van der Waals surface area contributed by atoms with Crippen LogP contribution in [-0.4, -0.2) is 23.1 Å². The van der Waals surface area contributed by atoms with E-state index in [0.29, 0.717) is 0 Å². The molecule has 0 radical (unpaired) electrons. The number of sulfonamides is 1. The van der Waals surface area contributed by atoms with Crippen LogP contribution in [0.25, 0.3) is 11.0 Å². The van der Waals surface area contributed by atoms with Crippen LogP contribution in [0.4, 0.5) is 0 Å². The molecule has 0 aliphatic rings. The van der Waals surface area contributed by atoms with Crippen molar-refractivity contribution >= 4 is 21.1 Å². The summed E-state index contributed by atoms with van der Waals surface area (Å²) in [7, 11) is -3.78. The van der Waals surface area contributed by atoms with Gasteiger partial charge in [-0.2, -0.15) is 0 Å². The van der Waals surface area contributed by atoms with E-state index in [9.17, 15) is 8.42 Å². The number of nitrogens with two attached hydrogens (primary N) is 1. The molecule has 5 nitrogen and oxygen atoms in total. The molecule has 0 saturated heterocycles. The predicted octanol–water partition coefficient (Wildman–Crippen LogP) is 2.76. The van der Waals surface area contributed by atoms with Gasteiger partial charge in [-0.25, -0.2) is 18.5 Å². The third kappa shape index (κ3) is 2.75. The zero-order valence-corrected chi connectivity index (χ0v) is 13.8. The average Bonchev–Trinajstić information content (AvgIpc) is 2.90. The van der Waals surface area contributed by atoms with Gasteiger partial charge in [0.15, 0.2) is 0 Å². The number of pyridine rings is 1. The van der Waals surface area contributed by atoms with Crippen molar-refractivity contribution < 1.29 is 8.42 Å². The van der Waals surface area contributed by atoms with E-state index in [1.165, 1.54) is 0 Å². The minimum absolute atomic E-state index is 0.423. The summed E-state index contributed by atoms with van der Waals surface area (Å²) in [6, 6.07) is 15.2. The van der Waals surface area contributed by atoms with Gasteiger partial charge in [-0.15, -0.1) is 0 Å². The van der Waals surface area contributed by atoms with Gasteiger partial charge in [0.1, 0.15) is 5.65 Å². The molecule has 0 aliphatic carbocycles. The van der Waals surface area contributed by atoms with E-state index in [4.69, 9.17) is 5.14 Å². The van der Waals surface area contributed by atoms with Crippen molar-refractivity contribution in [3.63, 3.8) is 0 Å². The fourth-order valence-corrected chi connectivity index (χ4v) is 3.49. The number of rotatable bonds is 4. The molecular weight excluding hydrogens is 310 g/mol. The highest BCUT2D eigenvalue weighted by atomic mass is 32.2. The summed E-state index contributed by atoms with van der Waals surface area (Å²) in [6.07, 6.45) is 1.70. The number of aromatic nitrogens is 2. The third-order valence-corrected chi connectivity index (χ3v) is 5.99. The van der Waals surface area contributed by atoms with Crippen LogP contribution in [0.15, 0.2) is 54.7 Å². The number of H-pyrrole nitrogens is 1. The maximum absolute atomic E-state index is 12.2. The molecular formula is C17H19N3O2S. The molecule has 1 unspecified atom stereocenters. The molecule has 0 bridgehead atoms. The lowest BCUT2D eigenvalue weighted by molar-refractivity contribution is 0.514. The van der Waals surface area contributed by atoms with Gasteiger partial charge in [0, 0.05) is 23.2 Å². The number of nitrogens with zero attached hydrogens (tertiary/aromatic N) is 1. The Morgan fingerprint density at radius 2 is 1.83 bits per heavy atom. The first kappa shape index (κ1) is 15.7. The van der Waals surface area contributed by atoms with Gasteiger partial charge in [-0.05, 0) is 37.6 Å². The Hall–Kier alpha value is -2.18. The maximum atomic E-state index is 12.2. The summed E-state index contributed by atoms with van der Waals surface area (Å²) in [5, 5.41) is 6.46. The quantitative estimate of drug-likeness (QED) is 0.771. The summed E-state index contributed by atoms with van der Waals surface area (Å²) < 4.78 is 23.2. The minimum atomic E-state index is -3.78. The number of hydrogen-bond acceptors (Lipinski definition) is 3. The minimum Gasteiger partial charge on any atom is -0.343 e. The van der Waals surface area contributed by atoms with E-state index in [-0.39, 0.29) is 0 Å². The number of fused-ring (bicyclic) bond motifs is 1. The highest BCUT2D eigenvalue weighted by Gasteiger charge is 2.42. The van der Waals surface area contributed by atoms with Crippen molar-refractivity contribution in [1.82, 2.24) is 9.97 Å². The van der Waals surface area contributed by atoms with E-state index in [2.05, 4.69) is 9.97 Å². The first-order valence-corrected chi connectivity index (χ1v) is 8.86. The first-order valence-electron chi connectivity index (χ1n) is 7.31. The van der Waals surface area contributed by atoms with Gasteiger partial charge in [0.25, 0.3) is 0 Å². The molecule has 3 aromatic rings. The van der Waals surface area contributed by atoms with Gasteiger partial charge in [-0.1, -0.05) is 30.3 Å². The Labute approximate surface area is 135 Å². The van der Waals surface area contributed by atoms with Gasteiger partial charge in [0.2, 0.25) is 10.0 Å². The molecule has 0 saturated carbocycles. The van der Waals surface area contributed by atoms with Gasteiger partial charge >= 0.3 is 0 Å². The average molecular weight is 329 g/mol. The van der Waals surface area contributed by atoms with Crippen molar-refractivity contribution in [3.8, 4) is 0 Å². The molecule has 2 heterocycles. The van der Waals surface area contributed by atoms with Crippen molar-refractivity contribution in [1.29, 1.82) is 0 Å². The van der Waals surface area contributed by atoms with Crippen LogP contribution in [0.1, 0.15) is 31.0 Å². The highest BCUT2D eigenvalue weighted by molar-refractivity contribution is 7.90. The highest BCUT2D eigenvalue weighted by Crippen LogP contribution is 2.39. The number of hydrogen-bond donors (Lipinski definition) is 2. The molecule has 1 aromatic carbocycles. The Bertz CT molecular complexity index is 898. The molecule has 0 fully saturated rings. The molecule has 23 heavy (non-hydrogen) atoms. The molecule has 3 rings (SSSR count). The number of benzene rings is 1. The van der Waals surface area contributed by atoms with E-state index in [1.54, 1.807) is 20.0 Å². The van der Waals surface area contributed by atoms with E-state index >= 15 is 0 Å². The van der Waals surface area contributed by atoms with Gasteiger partial charge < -0.3 is 4.98 Å². The molecule has 0 amide bonds. The molecule has 1 atom stereocenters. The van der Waals surface area contributed by atoms with Crippen molar-refractivity contribution in [3.05, 3.63) is 66.0 Å². The van der Waals surface area contributed by atoms with Gasteiger partial charge in [0.05, 0.1) is 4.75 Å². The summed E-state index contributed by atoms with van der Waals surface area (Å²) in [6.45, 7) is 3.30. The topological polar surface area (TPSA) is 88.8 Å². The number of primary sulfonamides is 1. The van der Waals surface area contributed by atoms with Gasteiger partial charge in [-0.3, -0.25) is 0 Å². The second-order valence-electron chi connectivity index (χ2n) is 6.16. The summed E-state index contributed by atoms with van der Waals surface area (Å²) in [5.41, 5.74) is 2.40. The third-order valence-electron chi connectivity index (χ3n) is 4.29. The van der Waals surface area contributed by atoms with Crippen LogP contribution in [-0.2, 0) is 10.0 Å². The van der Waals surface area contributed by atoms with E-state index in [0.717, 1.165) is 22.3 Å². The van der Waals surface area contributed by atoms with Crippen LogP contribution in [0.5, 0.6) is 0 Å². The number of nitrogens with one attached hydrogen (secondary N) is 1. The Kier molecular flexibility index (Phi) is 3.74. The molecule has 6 heteroatoms. The zero-order chi connectivity index (χ0) is 16.7. The Morgan fingerprint density at radius 3 is 2.43 bits per heavy atom. The van der Waals surface area contributed by atoms with Crippen molar-refractivity contribution in [2.24, 2.45) is 5.14 Å². The standard InChI is InChI=1S/C17H19N3O2S/c1-17(2,23(18,21)22)15(12-7-4-3-5-8-12)14-11-13-9-6-10-19-16(13)20-14/h3-11,15H,1-2H3,(H,19,20)(H2,18,21,22). The van der Waals surface area contributed by atoms with Crippen LogP contribution in [0.3, 0.4) is 0 Å². The molecule has 3 N–H and O–H groups in total. The van der Waals surface area contributed by atoms with E-state index < -0.39 is 20.7 Å². The number of aromatic amines is 1. The summed E-state index contributed by atoms with van der Waals surface area (Å²) in [4.78, 5) is 7.53. The summed E-state index contributed by atoms with van der Waals surface area (Å²) in [5.74, 6) is -0.423. The van der Waals surface area contributed by atoms with Crippen LogP contribution >= 0.6 is 0 Å². The maximum Gasteiger partial charge on any atom is 0.215 e. The van der Waals surface area contributed by atoms with E-state index in [1.807, 2.05) is 48.5 Å². The lowest BCUT2D eigenvalue weighted by Crippen LogP contribution is -2.43. The lowest BCUT2D eigenvalue weighted by atomic mass is 9.85. The monoisotopic (exact) mass is 329 g/mol. The molecule has 2 aromatic heterocycles. The molecule has 120 valence electrons. The Balaban J connectivity index is 2.24. The normalized spacial score (nSPS) is 14.0. The van der Waals surface area contributed by atoms with Crippen LogP contribution in [0, 0.1) is 0 Å². The molecule has 0 spiro atoms. The van der Waals surface area contributed by atoms with Crippen LogP contribution in [0.2, 0.25) is 0 Å². The van der Waals surface area contributed by atoms with Crippen molar-refractivity contribution in [2.75, 3.05) is 0 Å². The first-order chi connectivity index (χ1) is 10.8. The zero-order valence-electron chi connectivity index (χ0n) is 13.0.